The van der Waals surface area contributed by atoms with Crippen molar-refractivity contribution in [1.29, 1.82) is 0 Å². The van der Waals surface area contributed by atoms with Gasteiger partial charge in [0.15, 0.2) is 5.13 Å². The Labute approximate surface area is 109 Å². The SMILES string of the molecule is O=C(O)CN1CCCN(c2nc(Cl)cs2)CC1. The Kier molecular flexibility index (Phi) is 4.20. The molecule has 7 heteroatoms. The molecule has 0 atom stereocenters. The van der Waals surface area contributed by atoms with Crippen LogP contribution in [-0.4, -0.2) is 53.7 Å². The van der Waals surface area contributed by atoms with Gasteiger partial charge in [0.25, 0.3) is 0 Å². The Balaban J connectivity index is 1.93. The highest BCUT2D eigenvalue weighted by molar-refractivity contribution is 7.14. The third-order valence-corrected chi connectivity index (χ3v) is 3.91. The minimum Gasteiger partial charge on any atom is -0.480 e. The number of anilines is 1. The summed E-state index contributed by atoms with van der Waals surface area (Å²) in [6.45, 7) is 3.40. The van der Waals surface area contributed by atoms with Crippen molar-refractivity contribution in [1.82, 2.24) is 9.88 Å². The first-order valence-corrected chi connectivity index (χ1v) is 6.71. The first-order valence-electron chi connectivity index (χ1n) is 5.45. The number of carboxylic acids is 1. The minimum absolute atomic E-state index is 0.118. The van der Waals surface area contributed by atoms with Crippen LogP contribution in [0.3, 0.4) is 0 Å². The Morgan fingerprint density at radius 2 is 2.29 bits per heavy atom. The monoisotopic (exact) mass is 275 g/mol. The van der Waals surface area contributed by atoms with E-state index in [0.717, 1.165) is 37.7 Å². The van der Waals surface area contributed by atoms with E-state index in [2.05, 4.69) is 9.88 Å². The van der Waals surface area contributed by atoms with Gasteiger partial charge in [-0.15, -0.1) is 11.3 Å². The zero-order valence-electron chi connectivity index (χ0n) is 9.30. The lowest BCUT2D eigenvalue weighted by molar-refractivity contribution is -0.138. The summed E-state index contributed by atoms with van der Waals surface area (Å²) in [5, 5.41) is 12.0. The Morgan fingerprint density at radius 1 is 1.47 bits per heavy atom. The third-order valence-electron chi connectivity index (χ3n) is 2.68. The molecule has 0 spiro atoms. The average Bonchev–Trinajstić information content (AvgIpc) is 2.56. The number of carbonyl (C=O) groups is 1. The maximum Gasteiger partial charge on any atom is 0.317 e. The number of thiazole rings is 1. The molecule has 5 nitrogen and oxygen atoms in total. The summed E-state index contributed by atoms with van der Waals surface area (Å²) in [7, 11) is 0. The molecule has 1 aliphatic rings. The second-order valence-electron chi connectivity index (χ2n) is 3.96. The number of aromatic nitrogens is 1. The second kappa shape index (κ2) is 5.66. The van der Waals surface area contributed by atoms with Gasteiger partial charge in [-0.2, -0.15) is 0 Å². The molecule has 0 unspecified atom stereocenters. The molecular weight excluding hydrogens is 262 g/mol. The molecule has 0 aliphatic carbocycles. The molecule has 0 aromatic carbocycles. The summed E-state index contributed by atoms with van der Waals surface area (Å²) in [6.07, 6.45) is 0.949. The van der Waals surface area contributed by atoms with Crippen LogP contribution in [0.15, 0.2) is 5.38 Å². The van der Waals surface area contributed by atoms with Crippen molar-refractivity contribution >= 4 is 34.0 Å². The van der Waals surface area contributed by atoms with Gasteiger partial charge in [0.1, 0.15) is 5.15 Å². The van der Waals surface area contributed by atoms with Crippen LogP contribution in [0, 0.1) is 0 Å². The van der Waals surface area contributed by atoms with E-state index < -0.39 is 5.97 Å². The molecule has 17 heavy (non-hydrogen) atoms. The fraction of sp³-hybridized carbons (Fsp3) is 0.600. The maximum absolute atomic E-state index is 10.7. The molecule has 1 fully saturated rings. The van der Waals surface area contributed by atoms with Crippen molar-refractivity contribution in [2.24, 2.45) is 0 Å². The molecule has 1 aromatic rings. The second-order valence-corrected chi connectivity index (χ2v) is 5.19. The highest BCUT2D eigenvalue weighted by atomic mass is 35.5. The fourth-order valence-electron chi connectivity index (χ4n) is 1.90. The zero-order chi connectivity index (χ0) is 12.3. The smallest absolute Gasteiger partial charge is 0.317 e. The lowest BCUT2D eigenvalue weighted by Gasteiger charge is -2.19. The number of carboxylic acid groups (broad SMARTS) is 1. The van der Waals surface area contributed by atoms with E-state index in [0.29, 0.717) is 5.15 Å². The summed E-state index contributed by atoms with van der Waals surface area (Å²) in [5.74, 6) is -0.768. The van der Waals surface area contributed by atoms with Gasteiger partial charge in [0.2, 0.25) is 0 Å². The topological polar surface area (TPSA) is 56.7 Å². The van der Waals surface area contributed by atoms with Gasteiger partial charge in [0, 0.05) is 31.6 Å². The predicted octanol–water partition coefficient (Wildman–Crippen LogP) is 1.39. The molecule has 1 aliphatic heterocycles. The first-order chi connectivity index (χ1) is 8.15. The number of aliphatic carboxylic acids is 1. The molecule has 1 N–H and O–H groups in total. The largest absolute Gasteiger partial charge is 0.480 e. The normalized spacial score (nSPS) is 18.1. The predicted molar refractivity (Wildman–Crippen MR) is 68.0 cm³/mol. The number of hydrogen-bond donors (Lipinski definition) is 1. The fourth-order valence-corrected chi connectivity index (χ4v) is 2.90. The van der Waals surface area contributed by atoms with E-state index in [-0.39, 0.29) is 6.54 Å². The van der Waals surface area contributed by atoms with Crippen LogP contribution in [0.5, 0.6) is 0 Å². The summed E-state index contributed by atoms with van der Waals surface area (Å²) in [4.78, 5) is 19.0. The molecule has 0 radical (unpaired) electrons. The number of rotatable bonds is 3. The number of halogens is 1. The average molecular weight is 276 g/mol. The van der Waals surface area contributed by atoms with Crippen molar-refractivity contribution < 1.29 is 9.90 Å². The standard InChI is InChI=1S/C10H14ClN3O2S/c11-8-7-17-10(12-8)14-3-1-2-13(4-5-14)6-9(15)16/h7H,1-6H2,(H,15,16). The van der Waals surface area contributed by atoms with E-state index >= 15 is 0 Å². The Morgan fingerprint density at radius 3 is 2.94 bits per heavy atom. The van der Waals surface area contributed by atoms with Crippen LogP contribution in [0.1, 0.15) is 6.42 Å². The minimum atomic E-state index is -0.768. The van der Waals surface area contributed by atoms with E-state index in [1.807, 2.05) is 10.3 Å². The zero-order valence-corrected chi connectivity index (χ0v) is 10.9. The van der Waals surface area contributed by atoms with Crippen molar-refractivity contribution in [3.63, 3.8) is 0 Å². The summed E-state index contributed by atoms with van der Waals surface area (Å²) in [6, 6.07) is 0. The van der Waals surface area contributed by atoms with Crippen molar-refractivity contribution in [2.45, 2.75) is 6.42 Å². The van der Waals surface area contributed by atoms with Gasteiger partial charge in [-0.25, -0.2) is 4.98 Å². The van der Waals surface area contributed by atoms with Gasteiger partial charge in [0.05, 0.1) is 6.54 Å². The van der Waals surface area contributed by atoms with Crippen LogP contribution in [0.4, 0.5) is 5.13 Å². The molecule has 94 valence electrons. The van der Waals surface area contributed by atoms with Gasteiger partial charge in [-0.3, -0.25) is 9.69 Å². The Bertz CT molecular complexity index is 399. The molecule has 1 aromatic heterocycles. The lowest BCUT2D eigenvalue weighted by Crippen LogP contribution is -2.34. The summed E-state index contributed by atoms with van der Waals surface area (Å²) >= 11 is 7.33. The van der Waals surface area contributed by atoms with Crippen LogP contribution >= 0.6 is 22.9 Å². The summed E-state index contributed by atoms with van der Waals surface area (Å²) in [5.41, 5.74) is 0. The van der Waals surface area contributed by atoms with Gasteiger partial charge in [-0.1, -0.05) is 11.6 Å². The maximum atomic E-state index is 10.7. The molecule has 2 rings (SSSR count). The van der Waals surface area contributed by atoms with Crippen molar-refractivity contribution in [2.75, 3.05) is 37.6 Å². The van der Waals surface area contributed by atoms with Gasteiger partial charge < -0.3 is 10.0 Å². The lowest BCUT2D eigenvalue weighted by atomic mass is 10.4. The van der Waals surface area contributed by atoms with Crippen molar-refractivity contribution in [3.05, 3.63) is 10.5 Å². The van der Waals surface area contributed by atoms with E-state index in [1.165, 1.54) is 11.3 Å². The van der Waals surface area contributed by atoms with Crippen LogP contribution in [0.2, 0.25) is 5.15 Å². The Hall–Kier alpha value is -0.850. The number of hydrogen-bond acceptors (Lipinski definition) is 5. The summed E-state index contributed by atoms with van der Waals surface area (Å²) < 4.78 is 0. The molecular formula is C10H14ClN3O2S. The quantitative estimate of drug-likeness (QED) is 0.904. The highest BCUT2D eigenvalue weighted by Gasteiger charge is 2.18. The van der Waals surface area contributed by atoms with Crippen LogP contribution in [-0.2, 0) is 4.79 Å². The van der Waals surface area contributed by atoms with E-state index in [1.54, 1.807) is 0 Å². The van der Waals surface area contributed by atoms with Crippen molar-refractivity contribution in [3.8, 4) is 0 Å². The molecule has 1 saturated heterocycles. The molecule has 0 saturated carbocycles. The molecule has 2 heterocycles. The van der Waals surface area contributed by atoms with Crippen LogP contribution in [0.25, 0.3) is 0 Å². The van der Waals surface area contributed by atoms with Crippen LogP contribution < -0.4 is 4.90 Å². The third kappa shape index (κ3) is 3.55. The highest BCUT2D eigenvalue weighted by Crippen LogP contribution is 2.24. The first kappa shape index (κ1) is 12.6. The van der Waals surface area contributed by atoms with Gasteiger partial charge in [-0.05, 0) is 6.42 Å². The van der Waals surface area contributed by atoms with E-state index in [9.17, 15) is 4.79 Å². The van der Waals surface area contributed by atoms with E-state index in [4.69, 9.17) is 16.7 Å². The van der Waals surface area contributed by atoms with Gasteiger partial charge >= 0.3 is 5.97 Å². The number of nitrogens with zero attached hydrogens (tertiary/aromatic N) is 3. The molecule has 0 bridgehead atoms. The molecule has 0 amide bonds.